The number of benzene rings is 2. The van der Waals surface area contributed by atoms with Crippen molar-refractivity contribution < 1.29 is 22.7 Å². The quantitative estimate of drug-likeness (QED) is 0.701. The molecular weight excluding hydrogens is 354 g/mol. The molecule has 0 amide bonds. The Balaban J connectivity index is 2.64. The van der Waals surface area contributed by atoms with Gasteiger partial charge < -0.3 is 9.47 Å². The number of carbonyl (C=O) groups is 1. The van der Waals surface area contributed by atoms with Crippen LogP contribution >= 0.6 is 11.6 Å². The lowest BCUT2D eigenvalue weighted by Gasteiger charge is -2.25. The van der Waals surface area contributed by atoms with Crippen molar-refractivity contribution in [1.82, 2.24) is 0 Å². The lowest BCUT2D eigenvalue weighted by atomic mass is 10.2. The fourth-order valence-electron chi connectivity index (χ4n) is 2.12. The van der Waals surface area contributed by atoms with Crippen molar-refractivity contribution in [1.29, 1.82) is 0 Å². The van der Waals surface area contributed by atoms with Crippen molar-refractivity contribution in [2.24, 2.45) is 0 Å². The number of sulfonamides is 1. The summed E-state index contributed by atoms with van der Waals surface area (Å²) in [6.45, 7) is -0.539. The monoisotopic (exact) mass is 369 g/mol. The van der Waals surface area contributed by atoms with Gasteiger partial charge in [0.05, 0.1) is 24.8 Å². The first kappa shape index (κ1) is 18.1. The van der Waals surface area contributed by atoms with Gasteiger partial charge in [-0.2, -0.15) is 0 Å². The number of methoxy groups -OCH3 is 2. The number of ether oxygens (including phenoxy) is 2. The Hall–Kier alpha value is -2.25. The second-order valence-electron chi connectivity index (χ2n) is 4.72. The zero-order valence-corrected chi connectivity index (χ0v) is 14.7. The van der Waals surface area contributed by atoms with Crippen molar-refractivity contribution in [3.63, 3.8) is 0 Å². The molecule has 128 valence electrons. The molecule has 2 aromatic carbocycles. The molecule has 0 aromatic heterocycles. The molecule has 0 saturated heterocycles. The van der Waals surface area contributed by atoms with Gasteiger partial charge in [-0.3, -0.25) is 9.10 Å². The molecule has 0 aliphatic carbocycles. The van der Waals surface area contributed by atoms with E-state index in [4.69, 9.17) is 21.1 Å². The average Bonchev–Trinajstić information content (AvgIpc) is 2.59. The molecule has 0 bridgehead atoms. The van der Waals surface area contributed by atoms with E-state index < -0.39 is 21.8 Å². The molecule has 6 nitrogen and oxygen atoms in total. The molecule has 2 aromatic rings. The van der Waals surface area contributed by atoms with Crippen LogP contribution in [0.15, 0.2) is 53.4 Å². The van der Waals surface area contributed by atoms with Gasteiger partial charge >= 0.3 is 0 Å². The lowest BCUT2D eigenvalue weighted by Crippen LogP contribution is -2.34. The Labute approximate surface area is 145 Å². The van der Waals surface area contributed by atoms with Crippen LogP contribution in [0.1, 0.15) is 0 Å². The standard InChI is InChI=1S/C16H16ClNO5S/c1-22-12-8-9-15(23-2)14(10-12)18(11-16(17)19)24(20,21)13-6-4-3-5-7-13/h3-10H,11H2,1-2H3. The van der Waals surface area contributed by atoms with Gasteiger partial charge in [0, 0.05) is 6.07 Å². The number of halogens is 1. The predicted octanol–water partition coefficient (Wildman–Crippen LogP) is 2.66. The lowest BCUT2D eigenvalue weighted by molar-refractivity contribution is -0.110. The van der Waals surface area contributed by atoms with Crippen LogP contribution in [0.3, 0.4) is 0 Å². The van der Waals surface area contributed by atoms with E-state index in [0.717, 1.165) is 4.31 Å². The van der Waals surface area contributed by atoms with Gasteiger partial charge in [0.15, 0.2) is 0 Å². The van der Waals surface area contributed by atoms with E-state index in [1.807, 2.05) is 0 Å². The molecule has 0 unspecified atom stereocenters. The zero-order chi connectivity index (χ0) is 17.7. The summed E-state index contributed by atoms with van der Waals surface area (Å²) in [7, 11) is -1.16. The Bertz CT molecular complexity index is 824. The molecule has 0 heterocycles. The van der Waals surface area contributed by atoms with Gasteiger partial charge in [0.2, 0.25) is 5.24 Å². The molecule has 24 heavy (non-hydrogen) atoms. The maximum Gasteiger partial charge on any atom is 0.264 e. The maximum atomic E-state index is 13.0. The summed E-state index contributed by atoms with van der Waals surface area (Å²) in [5.41, 5.74) is 0.162. The minimum atomic E-state index is -4.01. The van der Waals surface area contributed by atoms with Crippen LogP contribution in [0, 0.1) is 0 Å². The predicted molar refractivity (Wildman–Crippen MR) is 91.4 cm³/mol. The number of anilines is 1. The van der Waals surface area contributed by atoms with Crippen LogP contribution in [0.2, 0.25) is 0 Å². The summed E-state index contributed by atoms with van der Waals surface area (Å²) >= 11 is 5.47. The van der Waals surface area contributed by atoms with Crippen LogP contribution in [0.25, 0.3) is 0 Å². The number of carbonyl (C=O) groups excluding carboxylic acids is 1. The third kappa shape index (κ3) is 3.80. The fraction of sp³-hybridized carbons (Fsp3) is 0.188. The maximum absolute atomic E-state index is 13.0. The van der Waals surface area contributed by atoms with Gasteiger partial charge in [-0.25, -0.2) is 8.42 Å². The van der Waals surface area contributed by atoms with Gasteiger partial charge in [-0.1, -0.05) is 18.2 Å². The van der Waals surface area contributed by atoms with Crippen LogP contribution in [0.4, 0.5) is 5.69 Å². The summed E-state index contributed by atoms with van der Waals surface area (Å²) in [5.74, 6) is 0.689. The zero-order valence-electron chi connectivity index (χ0n) is 13.1. The molecular formula is C16H16ClNO5S. The third-order valence-corrected chi connectivity index (χ3v) is 5.15. The van der Waals surface area contributed by atoms with Crippen LogP contribution < -0.4 is 13.8 Å². The highest BCUT2D eigenvalue weighted by Crippen LogP contribution is 2.35. The summed E-state index contributed by atoms with van der Waals surface area (Å²) in [4.78, 5) is 11.5. The number of rotatable bonds is 7. The Kier molecular flexibility index (Phi) is 5.69. The fourth-order valence-corrected chi connectivity index (χ4v) is 3.76. The second-order valence-corrected chi connectivity index (χ2v) is 7.00. The highest BCUT2D eigenvalue weighted by atomic mass is 35.5. The minimum absolute atomic E-state index is 0.0350. The summed E-state index contributed by atoms with van der Waals surface area (Å²) < 4.78 is 37.2. The van der Waals surface area contributed by atoms with Crippen molar-refractivity contribution in [3.8, 4) is 11.5 Å². The minimum Gasteiger partial charge on any atom is -0.497 e. The molecule has 0 saturated carbocycles. The molecule has 2 rings (SSSR count). The van der Waals surface area contributed by atoms with Crippen molar-refractivity contribution in [2.45, 2.75) is 4.90 Å². The molecule has 0 radical (unpaired) electrons. The first-order chi connectivity index (χ1) is 11.4. The Morgan fingerprint density at radius 1 is 1.08 bits per heavy atom. The largest absolute Gasteiger partial charge is 0.497 e. The molecule has 0 spiro atoms. The molecule has 0 N–H and O–H groups in total. The molecule has 0 fully saturated rings. The van der Waals surface area contributed by atoms with E-state index in [2.05, 4.69) is 0 Å². The van der Waals surface area contributed by atoms with Gasteiger partial charge in [0.1, 0.15) is 18.0 Å². The van der Waals surface area contributed by atoms with Crippen LogP contribution in [-0.2, 0) is 14.8 Å². The summed E-state index contributed by atoms with van der Waals surface area (Å²) in [6, 6.07) is 12.4. The Morgan fingerprint density at radius 3 is 2.29 bits per heavy atom. The normalized spacial score (nSPS) is 11.0. The van der Waals surface area contributed by atoms with Gasteiger partial charge in [0.25, 0.3) is 10.0 Å². The summed E-state index contributed by atoms with van der Waals surface area (Å²) in [5, 5.41) is -0.820. The second kappa shape index (κ2) is 7.55. The molecule has 0 atom stereocenters. The van der Waals surface area contributed by atoms with E-state index in [0.29, 0.717) is 5.75 Å². The number of hydrogen-bond donors (Lipinski definition) is 0. The SMILES string of the molecule is COc1ccc(OC)c(N(CC(=O)Cl)S(=O)(=O)c2ccccc2)c1. The van der Waals surface area contributed by atoms with E-state index in [1.54, 1.807) is 30.3 Å². The van der Waals surface area contributed by atoms with Crippen molar-refractivity contribution in [3.05, 3.63) is 48.5 Å². The van der Waals surface area contributed by atoms with E-state index in [1.165, 1.54) is 32.4 Å². The van der Waals surface area contributed by atoms with Crippen molar-refractivity contribution >= 4 is 32.6 Å². The highest BCUT2D eigenvalue weighted by Gasteiger charge is 2.29. The van der Waals surface area contributed by atoms with E-state index >= 15 is 0 Å². The van der Waals surface area contributed by atoms with Crippen LogP contribution in [-0.4, -0.2) is 34.4 Å². The highest BCUT2D eigenvalue weighted by molar-refractivity contribution is 7.92. The first-order valence-electron chi connectivity index (χ1n) is 6.88. The first-order valence-corrected chi connectivity index (χ1v) is 8.70. The van der Waals surface area contributed by atoms with E-state index in [9.17, 15) is 13.2 Å². The van der Waals surface area contributed by atoms with Gasteiger partial charge in [-0.05, 0) is 35.9 Å². The smallest absolute Gasteiger partial charge is 0.264 e. The Morgan fingerprint density at radius 2 is 1.75 bits per heavy atom. The van der Waals surface area contributed by atoms with Crippen LogP contribution in [0.5, 0.6) is 11.5 Å². The molecule has 8 heteroatoms. The van der Waals surface area contributed by atoms with E-state index in [-0.39, 0.29) is 16.3 Å². The van der Waals surface area contributed by atoms with Gasteiger partial charge in [-0.15, -0.1) is 0 Å². The summed E-state index contributed by atoms with van der Waals surface area (Å²) in [6.07, 6.45) is 0. The number of hydrogen-bond acceptors (Lipinski definition) is 5. The van der Waals surface area contributed by atoms with Crippen molar-refractivity contribution in [2.75, 3.05) is 25.1 Å². The third-order valence-electron chi connectivity index (χ3n) is 3.25. The molecule has 0 aliphatic rings. The average molecular weight is 370 g/mol. The molecule has 0 aliphatic heterocycles. The number of nitrogens with zero attached hydrogens (tertiary/aromatic N) is 1. The topological polar surface area (TPSA) is 72.9 Å².